The molecule has 1 amide bonds. The minimum absolute atomic E-state index is 0.0983. The molecule has 0 aromatic carbocycles. The molecule has 1 aromatic heterocycles. The second-order valence-electron chi connectivity index (χ2n) is 10.0. The van der Waals surface area contributed by atoms with Crippen LogP contribution < -0.4 is 10.4 Å². The van der Waals surface area contributed by atoms with E-state index in [0.29, 0.717) is 22.9 Å². The van der Waals surface area contributed by atoms with E-state index in [9.17, 15) is 19.5 Å². The summed E-state index contributed by atoms with van der Waals surface area (Å²) in [6, 6.07) is 0. The Hall–Kier alpha value is -2.15. The zero-order valence-corrected chi connectivity index (χ0v) is 19.3. The lowest BCUT2D eigenvalue weighted by Gasteiger charge is -2.33. The highest BCUT2D eigenvalue weighted by atomic mass is 32.1. The quantitative estimate of drug-likeness (QED) is 0.556. The molecule has 2 bridgehead atoms. The van der Waals surface area contributed by atoms with Gasteiger partial charge in [0.15, 0.2) is 0 Å². The van der Waals surface area contributed by atoms with E-state index in [4.69, 9.17) is 4.74 Å². The number of hydrogen-bond acceptors (Lipinski definition) is 6. The monoisotopic (exact) mass is 444 g/mol. The molecule has 1 saturated carbocycles. The van der Waals surface area contributed by atoms with Crippen molar-refractivity contribution in [1.82, 2.24) is 0 Å². The molecule has 3 aliphatic rings. The zero-order chi connectivity index (χ0) is 22.5. The lowest BCUT2D eigenvalue weighted by molar-refractivity contribution is -0.313. The SMILES string of the molecule is CCOC(=O)c1c(NC(=O)[C@H]2[C@@H](C(=O)[O-])[C@@H]3C=C[C@@H]2C3)sc2c1CC[C@@H](C(C)(C)C)C2. The van der Waals surface area contributed by atoms with Crippen LogP contribution in [0.2, 0.25) is 0 Å². The van der Waals surface area contributed by atoms with Crippen LogP contribution in [0.4, 0.5) is 5.00 Å². The molecule has 31 heavy (non-hydrogen) atoms. The van der Waals surface area contributed by atoms with Gasteiger partial charge < -0.3 is 20.0 Å². The number of carbonyl (C=O) groups is 3. The lowest BCUT2D eigenvalue weighted by atomic mass is 9.72. The minimum Gasteiger partial charge on any atom is -0.550 e. The molecule has 0 unspecified atom stereocenters. The molecule has 7 heteroatoms. The maximum atomic E-state index is 13.2. The Kier molecular flexibility index (Phi) is 5.75. The summed E-state index contributed by atoms with van der Waals surface area (Å²) in [4.78, 5) is 38.8. The van der Waals surface area contributed by atoms with E-state index in [1.165, 1.54) is 11.3 Å². The van der Waals surface area contributed by atoms with Crippen LogP contribution in [-0.2, 0) is 27.2 Å². The van der Waals surface area contributed by atoms with Crippen LogP contribution in [0.3, 0.4) is 0 Å². The molecule has 4 rings (SSSR count). The summed E-state index contributed by atoms with van der Waals surface area (Å²) in [5, 5.41) is 15.1. The fourth-order valence-electron chi connectivity index (χ4n) is 5.53. The molecule has 3 aliphatic carbocycles. The number of anilines is 1. The van der Waals surface area contributed by atoms with Gasteiger partial charge in [0.25, 0.3) is 0 Å². The molecular weight excluding hydrogens is 414 g/mol. The standard InChI is InChI=1S/C24H31NO5S/c1-5-30-23(29)19-15-9-8-14(24(2,3)4)11-16(15)31-21(19)25-20(26)17-12-6-7-13(10-12)18(17)22(27)28/h6-7,12-14,17-18H,5,8-11H2,1-4H3,(H,25,26)(H,27,28)/p-1/t12-,13-,14-,17-,18+/m1/s1. The van der Waals surface area contributed by atoms with Crippen LogP contribution in [-0.4, -0.2) is 24.5 Å². The third-order valence-corrected chi connectivity index (χ3v) is 8.41. The predicted octanol–water partition coefficient (Wildman–Crippen LogP) is 3.20. The molecule has 1 fully saturated rings. The Bertz CT molecular complexity index is 941. The van der Waals surface area contributed by atoms with Gasteiger partial charge in [-0.2, -0.15) is 0 Å². The van der Waals surface area contributed by atoms with Crippen molar-refractivity contribution in [2.24, 2.45) is 35.0 Å². The number of ether oxygens (including phenoxy) is 1. The van der Waals surface area contributed by atoms with Crippen LogP contribution in [0.1, 0.15) is 61.3 Å². The first-order chi connectivity index (χ1) is 14.6. The van der Waals surface area contributed by atoms with E-state index in [1.807, 2.05) is 12.2 Å². The van der Waals surface area contributed by atoms with Crippen molar-refractivity contribution in [1.29, 1.82) is 0 Å². The molecule has 168 valence electrons. The van der Waals surface area contributed by atoms with Crippen molar-refractivity contribution < 1.29 is 24.2 Å². The number of thiophene rings is 1. The Balaban J connectivity index is 1.64. The van der Waals surface area contributed by atoms with Crippen LogP contribution in [0, 0.1) is 35.0 Å². The van der Waals surface area contributed by atoms with Crippen molar-refractivity contribution in [2.45, 2.75) is 53.4 Å². The summed E-state index contributed by atoms with van der Waals surface area (Å²) in [5.41, 5.74) is 1.58. The van der Waals surface area contributed by atoms with E-state index in [0.717, 1.165) is 29.7 Å². The van der Waals surface area contributed by atoms with Crippen molar-refractivity contribution in [3.8, 4) is 0 Å². The topological polar surface area (TPSA) is 95.5 Å². The first kappa shape index (κ1) is 22.1. The molecular formula is C24H30NO5S-. The number of nitrogens with one attached hydrogen (secondary N) is 1. The van der Waals surface area contributed by atoms with Gasteiger partial charge in [0.1, 0.15) is 5.00 Å². The summed E-state index contributed by atoms with van der Waals surface area (Å²) in [5.74, 6) is -3.19. The number of rotatable bonds is 5. The molecule has 0 saturated heterocycles. The molecule has 0 spiro atoms. The smallest absolute Gasteiger partial charge is 0.341 e. The summed E-state index contributed by atoms with van der Waals surface area (Å²) < 4.78 is 5.30. The molecule has 6 nitrogen and oxygen atoms in total. The number of aliphatic carboxylic acids is 1. The largest absolute Gasteiger partial charge is 0.550 e. The molecule has 0 radical (unpaired) electrons. The van der Waals surface area contributed by atoms with Crippen molar-refractivity contribution in [2.75, 3.05) is 11.9 Å². The summed E-state index contributed by atoms with van der Waals surface area (Å²) in [6.07, 6.45) is 7.11. The Labute approximate surface area is 187 Å². The van der Waals surface area contributed by atoms with Gasteiger partial charge in [0, 0.05) is 16.8 Å². The average molecular weight is 445 g/mol. The van der Waals surface area contributed by atoms with Crippen molar-refractivity contribution in [3.63, 3.8) is 0 Å². The molecule has 5 atom stereocenters. The molecule has 0 aliphatic heterocycles. The van der Waals surface area contributed by atoms with Gasteiger partial charge in [-0.3, -0.25) is 4.79 Å². The Morgan fingerprint density at radius 1 is 1.19 bits per heavy atom. The average Bonchev–Trinajstić information content (AvgIpc) is 3.38. The van der Waals surface area contributed by atoms with Gasteiger partial charge in [-0.05, 0) is 61.3 Å². The number of allylic oxidation sites excluding steroid dienone is 2. The highest BCUT2D eigenvalue weighted by Crippen LogP contribution is 2.49. The van der Waals surface area contributed by atoms with Gasteiger partial charge >= 0.3 is 5.97 Å². The van der Waals surface area contributed by atoms with Crippen molar-refractivity contribution in [3.05, 3.63) is 28.2 Å². The predicted molar refractivity (Wildman–Crippen MR) is 117 cm³/mol. The maximum absolute atomic E-state index is 13.2. The number of amides is 1. The van der Waals surface area contributed by atoms with Crippen LogP contribution in [0.25, 0.3) is 0 Å². The van der Waals surface area contributed by atoms with Crippen LogP contribution >= 0.6 is 11.3 Å². The van der Waals surface area contributed by atoms with Crippen LogP contribution in [0.5, 0.6) is 0 Å². The Morgan fingerprint density at radius 2 is 1.87 bits per heavy atom. The number of hydrogen-bond donors (Lipinski definition) is 1. The third-order valence-electron chi connectivity index (χ3n) is 7.24. The number of carboxylic acids is 1. The summed E-state index contributed by atoms with van der Waals surface area (Å²) in [6.45, 7) is 8.71. The van der Waals surface area contributed by atoms with Gasteiger partial charge in [-0.15, -0.1) is 11.3 Å². The van der Waals surface area contributed by atoms with Gasteiger partial charge in [-0.1, -0.05) is 32.9 Å². The molecule has 1 heterocycles. The number of esters is 1. The van der Waals surface area contributed by atoms with Gasteiger partial charge in [-0.25, -0.2) is 4.79 Å². The van der Waals surface area contributed by atoms with E-state index >= 15 is 0 Å². The first-order valence-corrected chi connectivity index (χ1v) is 11.9. The molecule has 1 N–H and O–H groups in total. The third kappa shape index (κ3) is 3.93. The normalized spacial score (nSPS) is 29.0. The lowest BCUT2D eigenvalue weighted by Crippen LogP contribution is -2.42. The fourth-order valence-corrected chi connectivity index (χ4v) is 6.85. The zero-order valence-electron chi connectivity index (χ0n) is 18.5. The molecule has 1 aromatic rings. The fraction of sp³-hybridized carbons (Fsp3) is 0.625. The van der Waals surface area contributed by atoms with Gasteiger partial charge in [0.05, 0.1) is 18.1 Å². The minimum atomic E-state index is -1.18. The van der Waals surface area contributed by atoms with E-state index in [1.54, 1.807) is 6.92 Å². The van der Waals surface area contributed by atoms with Crippen LogP contribution in [0.15, 0.2) is 12.2 Å². The number of fused-ring (bicyclic) bond motifs is 3. The van der Waals surface area contributed by atoms with Crippen molar-refractivity contribution >= 4 is 34.2 Å². The maximum Gasteiger partial charge on any atom is 0.341 e. The second kappa shape index (κ2) is 8.08. The highest BCUT2D eigenvalue weighted by Gasteiger charge is 2.49. The van der Waals surface area contributed by atoms with Gasteiger partial charge in [0.2, 0.25) is 5.91 Å². The van der Waals surface area contributed by atoms with E-state index < -0.39 is 23.8 Å². The Morgan fingerprint density at radius 3 is 2.48 bits per heavy atom. The number of carbonyl (C=O) groups excluding carboxylic acids is 3. The summed E-state index contributed by atoms with van der Waals surface area (Å²) in [7, 11) is 0. The first-order valence-electron chi connectivity index (χ1n) is 11.1. The number of carboxylic acid groups (broad SMARTS) is 1. The summed E-state index contributed by atoms with van der Waals surface area (Å²) >= 11 is 1.44. The highest BCUT2D eigenvalue weighted by molar-refractivity contribution is 7.17. The van der Waals surface area contributed by atoms with E-state index in [-0.39, 0.29) is 29.8 Å². The van der Waals surface area contributed by atoms with E-state index in [2.05, 4.69) is 26.1 Å². The second-order valence-corrected chi connectivity index (χ2v) is 11.1.